The minimum atomic E-state index is -1.46. The number of esters is 1. The van der Waals surface area contributed by atoms with Crippen molar-refractivity contribution in [3.8, 4) is 0 Å². The van der Waals surface area contributed by atoms with Crippen molar-refractivity contribution in [1.29, 1.82) is 0 Å². The van der Waals surface area contributed by atoms with Gasteiger partial charge < -0.3 is 14.7 Å². The first-order valence-electron chi connectivity index (χ1n) is 12.2. The fourth-order valence-corrected chi connectivity index (χ4v) is 7.47. The first-order valence-corrected chi connectivity index (χ1v) is 12.2. The molecule has 0 aliphatic heterocycles. The van der Waals surface area contributed by atoms with E-state index in [-0.39, 0.29) is 17.6 Å². The Morgan fingerprint density at radius 3 is 2.52 bits per heavy atom. The Labute approximate surface area is 196 Å². The van der Waals surface area contributed by atoms with Crippen LogP contribution in [0.25, 0.3) is 0 Å². The molecule has 0 heterocycles. The van der Waals surface area contributed by atoms with Gasteiger partial charge in [0.05, 0.1) is 7.11 Å². The first kappa shape index (κ1) is 22.4. The first-order chi connectivity index (χ1) is 15.7. The van der Waals surface area contributed by atoms with E-state index in [0.29, 0.717) is 25.2 Å². The van der Waals surface area contributed by atoms with Crippen LogP contribution in [0.2, 0.25) is 0 Å². The third-order valence-corrected chi connectivity index (χ3v) is 9.22. The highest BCUT2D eigenvalue weighted by atomic mass is 16.5. The van der Waals surface area contributed by atoms with E-state index in [4.69, 9.17) is 4.74 Å². The molecule has 0 spiro atoms. The van der Waals surface area contributed by atoms with Gasteiger partial charge in [0.15, 0.2) is 11.4 Å². The number of ether oxygens (including phenoxy) is 1. The predicted octanol–water partition coefficient (Wildman–Crippen LogP) is 4.56. The Hall–Kier alpha value is -2.40. The number of aliphatic hydroxyl groups is 1. The van der Waals surface area contributed by atoms with E-state index < -0.39 is 17.0 Å². The fourth-order valence-electron chi connectivity index (χ4n) is 7.47. The molecule has 5 nitrogen and oxygen atoms in total. The standard InChI is InChI=1S/C28H35NO4/c1-27-16-23(17-5-8-19(9-6-17)29(2)3)25-21-12-10-20(30)15-18(21)7-11-22(25)24(27)13-14-28(27,32)26(31)33-4/h5-6,8-9,15,22-24,32H,7,10-14,16H2,1-4H3/t22-,23?,24-,27-,28-/m0/s1. The van der Waals surface area contributed by atoms with E-state index in [1.165, 1.54) is 29.4 Å². The maximum atomic E-state index is 12.8. The van der Waals surface area contributed by atoms with Crippen molar-refractivity contribution in [2.24, 2.45) is 17.3 Å². The molecule has 0 saturated heterocycles. The van der Waals surface area contributed by atoms with Crippen molar-refractivity contribution in [3.63, 3.8) is 0 Å². The quantitative estimate of drug-likeness (QED) is 0.686. The third kappa shape index (κ3) is 3.23. The monoisotopic (exact) mass is 449 g/mol. The smallest absolute Gasteiger partial charge is 0.338 e. The van der Waals surface area contributed by atoms with Crippen LogP contribution in [0, 0.1) is 17.3 Å². The van der Waals surface area contributed by atoms with Crippen molar-refractivity contribution in [1.82, 2.24) is 0 Å². The van der Waals surface area contributed by atoms with Crippen molar-refractivity contribution >= 4 is 17.4 Å². The second-order valence-electron chi connectivity index (χ2n) is 10.9. The number of ketones is 1. The van der Waals surface area contributed by atoms with Crippen LogP contribution in [0.5, 0.6) is 0 Å². The zero-order valence-corrected chi connectivity index (χ0v) is 20.2. The minimum Gasteiger partial charge on any atom is -0.467 e. The molecule has 1 aromatic carbocycles. The number of allylic oxidation sites excluding steroid dienone is 4. The topological polar surface area (TPSA) is 66.8 Å². The number of benzene rings is 1. The summed E-state index contributed by atoms with van der Waals surface area (Å²) in [5, 5.41) is 11.7. The lowest BCUT2D eigenvalue weighted by molar-refractivity contribution is -0.179. The second-order valence-corrected chi connectivity index (χ2v) is 10.9. The lowest BCUT2D eigenvalue weighted by Crippen LogP contribution is -2.56. The molecule has 1 aromatic rings. The Bertz CT molecular complexity index is 1050. The van der Waals surface area contributed by atoms with Gasteiger partial charge in [-0.15, -0.1) is 0 Å². The van der Waals surface area contributed by atoms with Gasteiger partial charge in [-0.3, -0.25) is 4.79 Å². The van der Waals surface area contributed by atoms with Crippen LogP contribution in [0.3, 0.4) is 0 Å². The molecule has 0 aromatic heterocycles. The number of hydrogen-bond acceptors (Lipinski definition) is 5. The highest BCUT2D eigenvalue weighted by Gasteiger charge is 2.66. The van der Waals surface area contributed by atoms with E-state index >= 15 is 0 Å². The maximum absolute atomic E-state index is 12.8. The van der Waals surface area contributed by atoms with Gasteiger partial charge in [-0.1, -0.05) is 24.6 Å². The van der Waals surface area contributed by atoms with Crippen molar-refractivity contribution in [3.05, 3.63) is 52.6 Å². The molecule has 33 heavy (non-hydrogen) atoms. The van der Waals surface area contributed by atoms with Crippen LogP contribution in [0.15, 0.2) is 47.1 Å². The zero-order chi connectivity index (χ0) is 23.5. The summed E-state index contributed by atoms with van der Waals surface area (Å²) in [4.78, 5) is 27.1. The molecular weight excluding hydrogens is 414 g/mol. The van der Waals surface area contributed by atoms with Gasteiger partial charge in [0.2, 0.25) is 0 Å². The van der Waals surface area contributed by atoms with Gasteiger partial charge in [-0.25, -0.2) is 4.79 Å². The number of hydrogen-bond donors (Lipinski definition) is 1. The van der Waals surface area contributed by atoms with Crippen molar-refractivity contribution in [2.75, 3.05) is 26.1 Å². The molecule has 0 radical (unpaired) electrons. The zero-order valence-electron chi connectivity index (χ0n) is 20.2. The van der Waals surface area contributed by atoms with Gasteiger partial charge in [0.1, 0.15) is 0 Å². The van der Waals surface area contributed by atoms with Gasteiger partial charge in [0.25, 0.3) is 0 Å². The molecule has 4 aliphatic carbocycles. The molecule has 5 rings (SSSR count). The normalized spacial score (nSPS) is 35.4. The van der Waals surface area contributed by atoms with E-state index in [0.717, 1.165) is 31.4 Å². The van der Waals surface area contributed by atoms with Gasteiger partial charge in [-0.05, 0) is 85.3 Å². The minimum absolute atomic E-state index is 0.119. The number of methoxy groups -OCH3 is 1. The Balaban J connectivity index is 1.66. The van der Waals surface area contributed by atoms with Gasteiger partial charge in [-0.2, -0.15) is 0 Å². The van der Waals surface area contributed by atoms with E-state index in [2.05, 4.69) is 36.1 Å². The number of anilines is 1. The van der Waals surface area contributed by atoms with Crippen LogP contribution in [-0.4, -0.2) is 43.7 Å². The SMILES string of the molecule is COC(=O)[C@@]1(O)CC[C@H]2[C@@H]3CCC4=CC(=O)CCC4=C3C(c3ccc(N(C)C)cc3)C[C@@]21C. The van der Waals surface area contributed by atoms with Gasteiger partial charge >= 0.3 is 5.97 Å². The number of fused-ring (bicyclic) bond motifs is 4. The Kier molecular flexibility index (Phi) is 5.32. The third-order valence-electron chi connectivity index (χ3n) is 9.22. The van der Waals surface area contributed by atoms with E-state index in [9.17, 15) is 14.7 Å². The molecule has 1 unspecified atom stereocenters. The van der Waals surface area contributed by atoms with Gasteiger partial charge in [0, 0.05) is 37.5 Å². The molecular formula is C28H35NO4. The molecule has 2 saturated carbocycles. The summed E-state index contributed by atoms with van der Waals surface area (Å²) in [7, 11) is 5.45. The van der Waals surface area contributed by atoms with Crippen LogP contribution in [-0.2, 0) is 14.3 Å². The summed E-state index contributed by atoms with van der Waals surface area (Å²) in [5.41, 5.74) is 4.43. The predicted molar refractivity (Wildman–Crippen MR) is 128 cm³/mol. The summed E-state index contributed by atoms with van der Waals surface area (Å²) >= 11 is 0. The maximum Gasteiger partial charge on any atom is 0.338 e. The lowest BCUT2D eigenvalue weighted by Gasteiger charge is -2.54. The summed E-state index contributed by atoms with van der Waals surface area (Å²) in [5.74, 6) is 0.418. The fraction of sp³-hybridized carbons (Fsp3) is 0.571. The van der Waals surface area contributed by atoms with E-state index in [1.54, 1.807) is 0 Å². The molecule has 4 aliphatic rings. The molecule has 2 fully saturated rings. The average molecular weight is 450 g/mol. The lowest BCUT2D eigenvalue weighted by atomic mass is 9.51. The molecule has 176 valence electrons. The summed E-state index contributed by atoms with van der Waals surface area (Å²) in [6.07, 6.45) is 7.14. The van der Waals surface area contributed by atoms with Crippen molar-refractivity contribution < 1.29 is 19.4 Å². The average Bonchev–Trinajstić information content (AvgIpc) is 3.09. The molecule has 5 heteroatoms. The molecule has 5 atom stereocenters. The highest BCUT2D eigenvalue weighted by molar-refractivity contribution is 5.93. The second kappa shape index (κ2) is 7.83. The largest absolute Gasteiger partial charge is 0.467 e. The molecule has 0 bridgehead atoms. The Morgan fingerprint density at radius 1 is 1.12 bits per heavy atom. The number of carbonyl (C=O) groups is 2. The van der Waals surface area contributed by atoms with Crippen LogP contribution in [0.1, 0.15) is 63.4 Å². The summed E-state index contributed by atoms with van der Waals surface area (Å²) < 4.78 is 5.12. The molecule has 0 amide bonds. The molecule has 1 N–H and O–H groups in total. The number of nitrogens with zero attached hydrogens (tertiary/aromatic N) is 1. The van der Waals surface area contributed by atoms with Crippen LogP contribution >= 0.6 is 0 Å². The van der Waals surface area contributed by atoms with Crippen LogP contribution in [0.4, 0.5) is 5.69 Å². The number of carbonyl (C=O) groups excluding carboxylic acids is 2. The van der Waals surface area contributed by atoms with Crippen molar-refractivity contribution in [2.45, 2.75) is 63.4 Å². The van der Waals surface area contributed by atoms with E-state index in [1.807, 2.05) is 20.2 Å². The summed E-state index contributed by atoms with van der Waals surface area (Å²) in [6.45, 7) is 2.11. The Morgan fingerprint density at radius 2 is 1.85 bits per heavy atom. The van der Waals surface area contributed by atoms with Crippen LogP contribution < -0.4 is 4.90 Å². The summed E-state index contributed by atoms with van der Waals surface area (Å²) in [6, 6.07) is 8.70. The highest BCUT2D eigenvalue weighted by Crippen LogP contribution is 2.66. The number of rotatable bonds is 3.